The fourth-order valence-corrected chi connectivity index (χ4v) is 2.81. The highest BCUT2D eigenvalue weighted by atomic mass is 16.7. The van der Waals surface area contributed by atoms with Gasteiger partial charge in [0.05, 0.1) is 18.6 Å². The van der Waals surface area contributed by atoms with Gasteiger partial charge in [0, 0.05) is 18.4 Å². The molecular weight excluding hydrogens is 288 g/mol. The Bertz CT molecular complexity index is 426. The van der Waals surface area contributed by atoms with E-state index in [0.717, 1.165) is 12.8 Å². The molecule has 0 amide bonds. The Labute approximate surface area is 130 Å². The molecule has 0 aromatic rings. The van der Waals surface area contributed by atoms with Crippen LogP contribution in [0.25, 0.3) is 0 Å². The predicted octanol–water partition coefficient (Wildman–Crippen LogP) is 1.71. The summed E-state index contributed by atoms with van der Waals surface area (Å²) in [7, 11) is 0. The zero-order chi connectivity index (χ0) is 16.1. The van der Waals surface area contributed by atoms with Gasteiger partial charge in [-0.3, -0.25) is 4.79 Å². The molecule has 4 atom stereocenters. The molecule has 2 rings (SSSR count). The summed E-state index contributed by atoms with van der Waals surface area (Å²) in [6.45, 7) is 5.69. The molecule has 1 N–H and O–H groups in total. The topological polar surface area (TPSA) is 82.1 Å². The molecule has 0 radical (unpaired) electrons. The van der Waals surface area contributed by atoms with Gasteiger partial charge in [0.15, 0.2) is 0 Å². The van der Waals surface area contributed by atoms with E-state index in [1.165, 1.54) is 0 Å². The van der Waals surface area contributed by atoms with Crippen molar-refractivity contribution in [1.82, 2.24) is 0 Å². The van der Waals surface area contributed by atoms with Crippen LogP contribution in [0.15, 0.2) is 12.2 Å². The first-order chi connectivity index (χ1) is 10.5. The third kappa shape index (κ3) is 4.81. The van der Waals surface area contributed by atoms with E-state index in [0.29, 0.717) is 37.9 Å². The van der Waals surface area contributed by atoms with Gasteiger partial charge in [0.2, 0.25) is 6.29 Å². The molecule has 6 heteroatoms. The maximum absolute atomic E-state index is 12.2. The molecule has 124 valence electrons. The van der Waals surface area contributed by atoms with E-state index >= 15 is 0 Å². The molecule has 1 aliphatic heterocycles. The average Bonchev–Trinajstić information content (AvgIpc) is 2.47. The molecule has 0 aromatic heterocycles. The molecule has 1 heterocycles. The Hall–Kier alpha value is -1.40. The minimum atomic E-state index is -0.679. The highest BCUT2D eigenvalue weighted by molar-refractivity contribution is 5.87. The molecule has 6 nitrogen and oxygen atoms in total. The van der Waals surface area contributed by atoms with Crippen molar-refractivity contribution >= 4 is 11.9 Å². The van der Waals surface area contributed by atoms with E-state index in [9.17, 15) is 14.7 Å². The lowest BCUT2D eigenvalue weighted by atomic mass is 9.85. The third-order valence-electron chi connectivity index (χ3n) is 3.98. The highest BCUT2D eigenvalue weighted by Crippen LogP contribution is 2.29. The molecule has 22 heavy (non-hydrogen) atoms. The fraction of sp³-hybridized carbons (Fsp3) is 0.750. The fourth-order valence-electron chi connectivity index (χ4n) is 2.81. The van der Waals surface area contributed by atoms with Gasteiger partial charge in [0.25, 0.3) is 0 Å². The van der Waals surface area contributed by atoms with E-state index in [-0.39, 0.29) is 5.97 Å². The maximum atomic E-state index is 12.2. The predicted molar refractivity (Wildman–Crippen MR) is 77.7 cm³/mol. The first-order valence-electron chi connectivity index (χ1n) is 7.82. The lowest BCUT2D eigenvalue weighted by Gasteiger charge is -2.32. The first kappa shape index (κ1) is 17.0. The second-order valence-electron chi connectivity index (χ2n) is 6.10. The molecule has 0 aromatic carbocycles. The number of esters is 2. The lowest BCUT2D eigenvalue weighted by Crippen LogP contribution is -2.38. The van der Waals surface area contributed by atoms with Crippen LogP contribution in [0.3, 0.4) is 0 Å². The van der Waals surface area contributed by atoms with Crippen molar-refractivity contribution in [3.05, 3.63) is 12.2 Å². The summed E-state index contributed by atoms with van der Waals surface area (Å²) < 4.78 is 16.0. The van der Waals surface area contributed by atoms with Crippen LogP contribution in [0.2, 0.25) is 0 Å². The Morgan fingerprint density at radius 3 is 2.59 bits per heavy atom. The summed E-state index contributed by atoms with van der Waals surface area (Å²) in [4.78, 5) is 23.8. The van der Waals surface area contributed by atoms with Crippen molar-refractivity contribution < 1.29 is 28.9 Å². The Balaban J connectivity index is 1.87. The van der Waals surface area contributed by atoms with Crippen LogP contribution in [0.5, 0.6) is 0 Å². The molecule has 4 unspecified atom stereocenters. The number of carbonyl (C=O) groups excluding carboxylic acids is 2. The Morgan fingerprint density at radius 2 is 1.95 bits per heavy atom. The van der Waals surface area contributed by atoms with Crippen molar-refractivity contribution in [2.24, 2.45) is 5.92 Å². The summed E-state index contributed by atoms with van der Waals surface area (Å²) in [5.74, 6) is -1.36. The molecule has 0 spiro atoms. The van der Waals surface area contributed by atoms with E-state index < -0.39 is 30.4 Å². The van der Waals surface area contributed by atoms with Crippen LogP contribution in [0, 0.1) is 5.92 Å². The molecule has 1 aliphatic carbocycles. The van der Waals surface area contributed by atoms with Gasteiger partial charge < -0.3 is 19.3 Å². The van der Waals surface area contributed by atoms with Gasteiger partial charge in [-0.2, -0.15) is 0 Å². The van der Waals surface area contributed by atoms with Crippen molar-refractivity contribution in [3.8, 4) is 0 Å². The standard InChI is InChI=1S/C16H24O6/c1-10(2)15(18)21-13-8-11(7-12(17)9-13)16(19)22-14-5-3-4-6-20-14/h11-14,17H,1,3-9H2,2H3. The average molecular weight is 312 g/mol. The SMILES string of the molecule is C=C(C)C(=O)OC1CC(O)CC(C(=O)OC2CCCCO2)C1. The number of rotatable bonds is 4. The van der Waals surface area contributed by atoms with Crippen molar-refractivity contribution in [1.29, 1.82) is 0 Å². The lowest BCUT2D eigenvalue weighted by molar-refractivity contribution is -0.195. The van der Waals surface area contributed by atoms with Crippen molar-refractivity contribution in [3.63, 3.8) is 0 Å². The quantitative estimate of drug-likeness (QED) is 0.628. The maximum Gasteiger partial charge on any atom is 0.333 e. The highest BCUT2D eigenvalue weighted by Gasteiger charge is 2.36. The zero-order valence-corrected chi connectivity index (χ0v) is 13.0. The van der Waals surface area contributed by atoms with Crippen molar-refractivity contribution in [2.45, 2.75) is 63.9 Å². The summed E-state index contributed by atoms with van der Waals surface area (Å²) >= 11 is 0. The van der Waals surface area contributed by atoms with Crippen LogP contribution in [-0.4, -0.2) is 42.1 Å². The number of hydrogen-bond donors (Lipinski definition) is 1. The summed E-state index contributed by atoms with van der Waals surface area (Å²) in [6, 6.07) is 0. The van der Waals surface area contributed by atoms with Gasteiger partial charge in [-0.25, -0.2) is 4.79 Å². The second-order valence-corrected chi connectivity index (χ2v) is 6.10. The van der Waals surface area contributed by atoms with Crippen LogP contribution in [0.1, 0.15) is 45.4 Å². The summed E-state index contributed by atoms with van der Waals surface area (Å²) in [5, 5.41) is 9.90. The smallest absolute Gasteiger partial charge is 0.333 e. The summed E-state index contributed by atoms with van der Waals surface area (Å²) in [5.41, 5.74) is 0.301. The molecule has 0 bridgehead atoms. The molecule has 2 aliphatic rings. The van der Waals surface area contributed by atoms with E-state index in [2.05, 4.69) is 6.58 Å². The second kappa shape index (κ2) is 7.74. The van der Waals surface area contributed by atoms with Crippen LogP contribution in [-0.2, 0) is 23.8 Å². The Kier molecular flexibility index (Phi) is 5.97. The number of aliphatic hydroxyl groups excluding tert-OH is 1. The number of aliphatic hydroxyl groups is 1. The number of carbonyl (C=O) groups is 2. The minimum absolute atomic E-state index is 0.301. The number of ether oxygens (including phenoxy) is 3. The van der Waals surface area contributed by atoms with Crippen LogP contribution < -0.4 is 0 Å². The van der Waals surface area contributed by atoms with Gasteiger partial charge in [-0.1, -0.05) is 6.58 Å². The van der Waals surface area contributed by atoms with Gasteiger partial charge in [-0.05, 0) is 32.6 Å². The third-order valence-corrected chi connectivity index (χ3v) is 3.98. The van der Waals surface area contributed by atoms with E-state index in [1.807, 2.05) is 0 Å². The minimum Gasteiger partial charge on any atom is -0.459 e. The van der Waals surface area contributed by atoms with Gasteiger partial charge in [-0.15, -0.1) is 0 Å². The van der Waals surface area contributed by atoms with E-state index in [1.54, 1.807) is 6.92 Å². The first-order valence-corrected chi connectivity index (χ1v) is 7.82. The molecular formula is C16H24O6. The van der Waals surface area contributed by atoms with Gasteiger partial charge >= 0.3 is 11.9 Å². The largest absolute Gasteiger partial charge is 0.459 e. The normalized spacial score (nSPS) is 32.1. The monoisotopic (exact) mass is 312 g/mol. The number of hydrogen-bond acceptors (Lipinski definition) is 6. The van der Waals surface area contributed by atoms with Crippen molar-refractivity contribution in [2.75, 3.05) is 6.61 Å². The van der Waals surface area contributed by atoms with Gasteiger partial charge in [0.1, 0.15) is 6.10 Å². The molecule has 1 saturated carbocycles. The van der Waals surface area contributed by atoms with Crippen LogP contribution in [0.4, 0.5) is 0 Å². The molecule has 1 saturated heterocycles. The molecule has 2 fully saturated rings. The summed E-state index contributed by atoms with van der Waals surface area (Å²) in [6.07, 6.45) is 2.03. The zero-order valence-electron chi connectivity index (χ0n) is 13.0. The Morgan fingerprint density at radius 1 is 1.18 bits per heavy atom. The van der Waals surface area contributed by atoms with Crippen LogP contribution >= 0.6 is 0 Å². The van der Waals surface area contributed by atoms with E-state index in [4.69, 9.17) is 14.2 Å².